The van der Waals surface area contributed by atoms with Crippen LogP contribution in [0.5, 0.6) is 0 Å². The molecule has 8 nitrogen and oxygen atoms in total. The molecule has 0 spiro atoms. The first-order chi connectivity index (χ1) is 13.1. The molecule has 2 aliphatic rings. The second-order valence-corrected chi connectivity index (χ2v) is 7.44. The third-order valence-corrected chi connectivity index (χ3v) is 5.41. The summed E-state index contributed by atoms with van der Waals surface area (Å²) in [6.07, 6.45) is -0.211. The van der Waals surface area contributed by atoms with Crippen LogP contribution >= 0.6 is 0 Å². The number of hydrogen-bond acceptors (Lipinski definition) is 5. The van der Waals surface area contributed by atoms with Crippen molar-refractivity contribution in [2.24, 2.45) is 10.9 Å². The molecule has 0 aliphatic carbocycles. The van der Waals surface area contributed by atoms with Gasteiger partial charge in [0.25, 0.3) is 0 Å². The molecule has 0 saturated carbocycles. The first-order valence-electron chi connectivity index (χ1n) is 10.4. The SMILES string of the molecule is CCOC(=O)N1CCN(C(=NC)NCC(C)CN2CCN(CC)CC2)CC1. The van der Waals surface area contributed by atoms with E-state index in [1.807, 2.05) is 14.0 Å². The summed E-state index contributed by atoms with van der Waals surface area (Å²) >= 11 is 0. The van der Waals surface area contributed by atoms with Gasteiger partial charge in [-0.05, 0) is 19.4 Å². The maximum Gasteiger partial charge on any atom is 0.409 e. The summed E-state index contributed by atoms with van der Waals surface area (Å²) in [5, 5.41) is 3.52. The highest BCUT2D eigenvalue weighted by Gasteiger charge is 2.24. The Balaban J connectivity index is 1.69. The molecule has 0 aromatic heterocycles. The van der Waals surface area contributed by atoms with E-state index in [0.29, 0.717) is 25.6 Å². The van der Waals surface area contributed by atoms with Crippen LogP contribution in [0.25, 0.3) is 0 Å². The molecule has 0 bridgehead atoms. The van der Waals surface area contributed by atoms with Crippen LogP contribution in [0.15, 0.2) is 4.99 Å². The minimum Gasteiger partial charge on any atom is -0.450 e. The highest BCUT2D eigenvalue weighted by atomic mass is 16.6. The van der Waals surface area contributed by atoms with Gasteiger partial charge < -0.3 is 29.7 Å². The normalized spacial score (nSPS) is 21.3. The quantitative estimate of drug-likeness (QED) is 0.536. The number of piperazine rings is 2. The lowest BCUT2D eigenvalue weighted by molar-refractivity contribution is 0.0913. The fraction of sp³-hybridized carbons (Fsp3) is 0.895. The zero-order valence-electron chi connectivity index (χ0n) is 17.6. The Morgan fingerprint density at radius 3 is 2.15 bits per heavy atom. The molecule has 0 radical (unpaired) electrons. The number of hydrogen-bond donors (Lipinski definition) is 1. The van der Waals surface area contributed by atoms with Crippen molar-refractivity contribution in [2.45, 2.75) is 20.8 Å². The molecule has 2 aliphatic heterocycles. The fourth-order valence-corrected chi connectivity index (χ4v) is 3.71. The monoisotopic (exact) mass is 382 g/mol. The Bertz CT molecular complexity index is 471. The van der Waals surface area contributed by atoms with Gasteiger partial charge in [-0.3, -0.25) is 4.99 Å². The van der Waals surface area contributed by atoms with Crippen LogP contribution in [-0.4, -0.2) is 117 Å². The largest absolute Gasteiger partial charge is 0.450 e. The summed E-state index contributed by atoms with van der Waals surface area (Å²) in [5.41, 5.74) is 0. The van der Waals surface area contributed by atoms with Crippen molar-refractivity contribution in [3.8, 4) is 0 Å². The van der Waals surface area contributed by atoms with E-state index in [-0.39, 0.29) is 6.09 Å². The van der Waals surface area contributed by atoms with E-state index in [0.717, 1.165) is 38.7 Å². The smallest absolute Gasteiger partial charge is 0.409 e. The van der Waals surface area contributed by atoms with Gasteiger partial charge in [-0.1, -0.05) is 13.8 Å². The standard InChI is InChI=1S/C19H38N6O2/c1-5-22-7-9-23(10-8-22)16-17(3)15-21-18(20-4)24-11-13-25(14-12-24)19(26)27-6-2/h17H,5-16H2,1-4H3,(H,20,21). The molecule has 0 aromatic rings. The molecule has 2 rings (SSSR count). The van der Waals surface area contributed by atoms with Crippen molar-refractivity contribution in [3.05, 3.63) is 0 Å². The number of aliphatic imine (C=N–C) groups is 1. The summed E-state index contributed by atoms with van der Waals surface area (Å²) in [4.78, 5) is 25.3. The number of rotatable bonds is 6. The maximum absolute atomic E-state index is 11.8. The van der Waals surface area contributed by atoms with Gasteiger partial charge in [-0.15, -0.1) is 0 Å². The topological polar surface area (TPSA) is 63.7 Å². The molecule has 1 atom stereocenters. The number of carbonyl (C=O) groups excluding carboxylic acids is 1. The molecule has 1 N–H and O–H groups in total. The zero-order valence-corrected chi connectivity index (χ0v) is 17.6. The van der Waals surface area contributed by atoms with E-state index in [1.165, 1.54) is 26.2 Å². The molecule has 8 heteroatoms. The zero-order chi connectivity index (χ0) is 19.6. The Morgan fingerprint density at radius 2 is 1.59 bits per heavy atom. The summed E-state index contributed by atoms with van der Waals surface area (Å²) < 4.78 is 5.08. The molecular weight excluding hydrogens is 344 g/mol. The van der Waals surface area contributed by atoms with Crippen LogP contribution in [0.4, 0.5) is 4.79 Å². The summed E-state index contributed by atoms with van der Waals surface area (Å²) in [6, 6.07) is 0. The van der Waals surface area contributed by atoms with Gasteiger partial charge in [0.2, 0.25) is 0 Å². The van der Waals surface area contributed by atoms with E-state index in [9.17, 15) is 4.79 Å². The minimum atomic E-state index is -0.211. The molecular formula is C19H38N6O2. The van der Waals surface area contributed by atoms with Crippen LogP contribution in [0.2, 0.25) is 0 Å². The second-order valence-electron chi connectivity index (χ2n) is 7.44. The number of carbonyl (C=O) groups is 1. The van der Waals surface area contributed by atoms with E-state index in [4.69, 9.17) is 4.74 Å². The third kappa shape index (κ3) is 6.84. The minimum absolute atomic E-state index is 0.211. The lowest BCUT2D eigenvalue weighted by Crippen LogP contribution is -2.54. The van der Waals surface area contributed by atoms with E-state index in [1.54, 1.807) is 4.90 Å². The van der Waals surface area contributed by atoms with Crippen molar-refractivity contribution in [1.82, 2.24) is 24.9 Å². The molecule has 0 aromatic carbocycles. The van der Waals surface area contributed by atoms with Gasteiger partial charge in [0.15, 0.2) is 5.96 Å². The predicted molar refractivity (Wildman–Crippen MR) is 109 cm³/mol. The molecule has 1 amide bonds. The molecule has 27 heavy (non-hydrogen) atoms. The van der Waals surface area contributed by atoms with Crippen molar-refractivity contribution in [3.63, 3.8) is 0 Å². The number of likely N-dealkylation sites (N-methyl/N-ethyl adjacent to an activating group) is 1. The number of guanidine groups is 1. The predicted octanol–water partition coefficient (Wildman–Crippen LogP) is 0.610. The Labute approximate surface area is 164 Å². The van der Waals surface area contributed by atoms with Crippen LogP contribution in [0.3, 0.4) is 0 Å². The summed E-state index contributed by atoms with van der Waals surface area (Å²) in [7, 11) is 1.83. The number of nitrogens with one attached hydrogen (secondary N) is 1. The third-order valence-electron chi connectivity index (χ3n) is 5.41. The van der Waals surface area contributed by atoms with Gasteiger partial charge in [0, 0.05) is 72.5 Å². The van der Waals surface area contributed by atoms with Crippen LogP contribution in [-0.2, 0) is 4.74 Å². The van der Waals surface area contributed by atoms with Crippen molar-refractivity contribution in [2.75, 3.05) is 85.6 Å². The molecule has 156 valence electrons. The second kappa shape index (κ2) is 11.3. The van der Waals surface area contributed by atoms with E-state index in [2.05, 4.69) is 38.9 Å². The van der Waals surface area contributed by atoms with Crippen LogP contribution < -0.4 is 5.32 Å². The van der Waals surface area contributed by atoms with Crippen molar-refractivity contribution >= 4 is 12.1 Å². The highest BCUT2D eigenvalue weighted by molar-refractivity contribution is 5.80. The number of amides is 1. The fourth-order valence-electron chi connectivity index (χ4n) is 3.71. The van der Waals surface area contributed by atoms with Gasteiger partial charge in [-0.2, -0.15) is 0 Å². The molecule has 2 heterocycles. The van der Waals surface area contributed by atoms with Crippen molar-refractivity contribution < 1.29 is 9.53 Å². The first kappa shape index (κ1) is 21.8. The average molecular weight is 383 g/mol. The van der Waals surface area contributed by atoms with Gasteiger partial charge in [0.05, 0.1) is 6.61 Å². The van der Waals surface area contributed by atoms with E-state index >= 15 is 0 Å². The summed E-state index contributed by atoms with van der Waals surface area (Å²) in [5.74, 6) is 1.50. The average Bonchev–Trinajstić information content (AvgIpc) is 2.69. The highest BCUT2D eigenvalue weighted by Crippen LogP contribution is 2.07. The lowest BCUT2D eigenvalue weighted by Gasteiger charge is -2.37. The maximum atomic E-state index is 11.8. The van der Waals surface area contributed by atoms with Crippen LogP contribution in [0.1, 0.15) is 20.8 Å². The summed E-state index contributed by atoms with van der Waals surface area (Å²) in [6.45, 7) is 17.6. The Hall–Kier alpha value is -1.54. The molecule has 2 saturated heterocycles. The number of ether oxygens (including phenoxy) is 1. The van der Waals surface area contributed by atoms with Gasteiger partial charge >= 0.3 is 6.09 Å². The van der Waals surface area contributed by atoms with E-state index < -0.39 is 0 Å². The first-order valence-corrected chi connectivity index (χ1v) is 10.4. The van der Waals surface area contributed by atoms with Gasteiger partial charge in [-0.25, -0.2) is 4.79 Å². The van der Waals surface area contributed by atoms with Gasteiger partial charge in [0.1, 0.15) is 0 Å². The Kier molecular flexibility index (Phi) is 9.14. The molecule has 2 fully saturated rings. The van der Waals surface area contributed by atoms with Crippen molar-refractivity contribution in [1.29, 1.82) is 0 Å². The lowest BCUT2D eigenvalue weighted by atomic mass is 10.1. The van der Waals surface area contributed by atoms with Crippen LogP contribution in [0, 0.1) is 5.92 Å². The molecule has 1 unspecified atom stereocenters. The Morgan fingerprint density at radius 1 is 1.00 bits per heavy atom. The number of nitrogens with zero attached hydrogens (tertiary/aromatic N) is 5.